The second-order valence-corrected chi connectivity index (χ2v) is 3.43. The average molecular weight is 244 g/mol. The quantitative estimate of drug-likeness (QED) is 0.765. The number of hydrogen-bond donors (Lipinski definition) is 1. The van der Waals surface area contributed by atoms with E-state index in [2.05, 4.69) is 15.5 Å². The highest BCUT2D eigenvalue weighted by Crippen LogP contribution is 2.01. The van der Waals surface area contributed by atoms with E-state index in [1.165, 1.54) is 12.1 Å². The van der Waals surface area contributed by atoms with Crippen molar-refractivity contribution >= 4 is 17.5 Å². The van der Waals surface area contributed by atoms with Crippen LogP contribution in [0.3, 0.4) is 0 Å². The van der Waals surface area contributed by atoms with E-state index in [0.29, 0.717) is 19.8 Å². The Morgan fingerprint density at radius 2 is 2.31 bits per heavy atom. The van der Waals surface area contributed by atoms with Gasteiger partial charge in [0.2, 0.25) is 0 Å². The van der Waals surface area contributed by atoms with Gasteiger partial charge in [-0.3, -0.25) is 4.79 Å². The van der Waals surface area contributed by atoms with Gasteiger partial charge in [-0.1, -0.05) is 11.6 Å². The summed E-state index contributed by atoms with van der Waals surface area (Å²) >= 11 is 5.56. The number of carbonyl (C=O) groups excluding carboxylic acids is 1. The lowest BCUT2D eigenvalue weighted by Crippen LogP contribution is -2.26. The van der Waals surface area contributed by atoms with Crippen LogP contribution in [0.4, 0.5) is 0 Å². The number of halogens is 1. The van der Waals surface area contributed by atoms with Crippen LogP contribution in [0.5, 0.6) is 0 Å². The predicted molar refractivity (Wildman–Crippen MR) is 60.5 cm³/mol. The second-order valence-electron chi connectivity index (χ2n) is 3.05. The summed E-state index contributed by atoms with van der Waals surface area (Å²) in [5.74, 6) is -0.249. The monoisotopic (exact) mass is 243 g/mol. The van der Waals surface area contributed by atoms with Crippen molar-refractivity contribution in [3.63, 3.8) is 0 Å². The van der Waals surface area contributed by atoms with Gasteiger partial charge in [-0.05, 0) is 25.5 Å². The normalized spacial score (nSPS) is 10.1. The van der Waals surface area contributed by atoms with Crippen LogP contribution in [0.15, 0.2) is 12.1 Å². The molecular weight excluding hydrogens is 230 g/mol. The van der Waals surface area contributed by atoms with Crippen molar-refractivity contribution in [1.82, 2.24) is 15.5 Å². The van der Waals surface area contributed by atoms with Gasteiger partial charge in [0.15, 0.2) is 10.8 Å². The number of rotatable bonds is 6. The summed E-state index contributed by atoms with van der Waals surface area (Å²) in [6, 6.07) is 3.07. The molecule has 0 radical (unpaired) electrons. The summed E-state index contributed by atoms with van der Waals surface area (Å²) in [5, 5.41) is 10.2. The standard InChI is InChI=1S/C10H14ClN3O2/c1-2-16-7-3-6-12-10(15)8-4-5-9(11)14-13-8/h4-5H,2-3,6-7H2,1H3,(H,12,15). The molecule has 88 valence electrons. The number of hydrogen-bond acceptors (Lipinski definition) is 4. The van der Waals surface area contributed by atoms with Crippen molar-refractivity contribution in [2.45, 2.75) is 13.3 Å². The van der Waals surface area contributed by atoms with Crippen molar-refractivity contribution < 1.29 is 9.53 Å². The maximum atomic E-state index is 11.5. The fourth-order valence-corrected chi connectivity index (χ4v) is 1.15. The summed E-state index contributed by atoms with van der Waals surface area (Å²) in [6.45, 7) is 3.82. The van der Waals surface area contributed by atoms with Gasteiger partial charge in [-0.2, -0.15) is 0 Å². The molecule has 1 aromatic heterocycles. The van der Waals surface area contributed by atoms with E-state index in [-0.39, 0.29) is 16.8 Å². The first-order valence-corrected chi connectivity index (χ1v) is 5.47. The number of nitrogens with zero attached hydrogens (tertiary/aromatic N) is 2. The average Bonchev–Trinajstić information content (AvgIpc) is 2.29. The second kappa shape index (κ2) is 7.14. The van der Waals surface area contributed by atoms with E-state index in [0.717, 1.165) is 6.42 Å². The number of carbonyl (C=O) groups is 1. The zero-order valence-electron chi connectivity index (χ0n) is 9.07. The van der Waals surface area contributed by atoms with E-state index in [9.17, 15) is 4.79 Å². The van der Waals surface area contributed by atoms with Crippen molar-refractivity contribution in [1.29, 1.82) is 0 Å². The van der Waals surface area contributed by atoms with Crippen LogP contribution in [0.1, 0.15) is 23.8 Å². The molecule has 0 aliphatic rings. The van der Waals surface area contributed by atoms with Gasteiger partial charge in [0.1, 0.15) is 0 Å². The zero-order chi connectivity index (χ0) is 11.8. The van der Waals surface area contributed by atoms with Crippen LogP contribution < -0.4 is 5.32 Å². The van der Waals surface area contributed by atoms with Crippen LogP contribution in [0.2, 0.25) is 5.15 Å². The maximum absolute atomic E-state index is 11.5. The van der Waals surface area contributed by atoms with E-state index in [1.54, 1.807) is 0 Å². The maximum Gasteiger partial charge on any atom is 0.271 e. The Hall–Kier alpha value is -1.20. The fourth-order valence-electron chi connectivity index (χ4n) is 1.05. The lowest BCUT2D eigenvalue weighted by atomic mass is 10.3. The van der Waals surface area contributed by atoms with Crippen molar-refractivity contribution in [2.75, 3.05) is 19.8 Å². The lowest BCUT2D eigenvalue weighted by molar-refractivity contribution is 0.0938. The molecule has 0 saturated carbocycles. The lowest BCUT2D eigenvalue weighted by Gasteiger charge is -2.04. The van der Waals surface area contributed by atoms with Crippen LogP contribution in [0, 0.1) is 0 Å². The summed E-state index contributed by atoms with van der Waals surface area (Å²) in [5.41, 5.74) is 0.265. The summed E-state index contributed by atoms with van der Waals surface area (Å²) < 4.78 is 5.14. The Morgan fingerprint density at radius 3 is 2.94 bits per heavy atom. The predicted octanol–water partition coefficient (Wildman–Crippen LogP) is 1.29. The third kappa shape index (κ3) is 4.55. The Morgan fingerprint density at radius 1 is 1.50 bits per heavy atom. The highest BCUT2D eigenvalue weighted by Gasteiger charge is 2.06. The summed E-state index contributed by atoms with van der Waals surface area (Å²) in [7, 11) is 0. The van der Waals surface area contributed by atoms with Gasteiger partial charge < -0.3 is 10.1 Å². The van der Waals surface area contributed by atoms with Gasteiger partial charge in [0.25, 0.3) is 5.91 Å². The molecule has 6 heteroatoms. The Labute approximate surface area is 99.2 Å². The molecule has 1 amide bonds. The SMILES string of the molecule is CCOCCCNC(=O)c1ccc(Cl)nn1. The number of nitrogens with one attached hydrogen (secondary N) is 1. The van der Waals surface area contributed by atoms with E-state index >= 15 is 0 Å². The molecular formula is C10H14ClN3O2. The zero-order valence-corrected chi connectivity index (χ0v) is 9.83. The number of amides is 1. The Bertz CT molecular complexity index is 329. The molecule has 1 N–H and O–H groups in total. The Balaban J connectivity index is 2.27. The number of aromatic nitrogens is 2. The number of ether oxygens (including phenoxy) is 1. The third-order valence-electron chi connectivity index (χ3n) is 1.82. The molecule has 16 heavy (non-hydrogen) atoms. The molecule has 5 nitrogen and oxygen atoms in total. The summed E-state index contributed by atoms with van der Waals surface area (Å²) in [4.78, 5) is 11.5. The molecule has 1 aromatic rings. The molecule has 0 bridgehead atoms. The molecule has 0 saturated heterocycles. The van der Waals surface area contributed by atoms with E-state index in [4.69, 9.17) is 16.3 Å². The molecule has 0 atom stereocenters. The van der Waals surface area contributed by atoms with E-state index < -0.39 is 0 Å². The van der Waals surface area contributed by atoms with Crippen molar-refractivity contribution in [3.05, 3.63) is 23.0 Å². The highest BCUT2D eigenvalue weighted by molar-refractivity contribution is 6.29. The topological polar surface area (TPSA) is 64.1 Å². The van der Waals surface area contributed by atoms with E-state index in [1.807, 2.05) is 6.92 Å². The molecule has 0 spiro atoms. The minimum Gasteiger partial charge on any atom is -0.382 e. The van der Waals surface area contributed by atoms with Crippen LogP contribution in [0.25, 0.3) is 0 Å². The van der Waals surface area contributed by atoms with Crippen LogP contribution in [-0.4, -0.2) is 35.9 Å². The van der Waals surface area contributed by atoms with Crippen LogP contribution in [-0.2, 0) is 4.74 Å². The minimum absolute atomic E-state index is 0.249. The van der Waals surface area contributed by atoms with Gasteiger partial charge in [0, 0.05) is 19.8 Å². The first kappa shape index (κ1) is 12.9. The molecule has 0 unspecified atom stereocenters. The van der Waals surface area contributed by atoms with Gasteiger partial charge in [0.05, 0.1) is 0 Å². The molecule has 0 aliphatic carbocycles. The molecule has 1 rings (SSSR count). The molecule has 0 fully saturated rings. The first-order valence-electron chi connectivity index (χ1n) is 5.09. The van der Waals surface area contributed by atoms with Crippen molar-refractivity contribution in [3.8, 4) is 0 Å². The van der Waals surface area contributed by atoms with Crippen molar-refractivity contribution in [2.24, 2.45) is 0 Å². The minimum atomic E-state index is -0.249. The molecule has 0 aromatic carbocycles. The molecule has 0 aliphatic heterocycles. The third-order valence-corrected chi connectivity index (χ3v) is 2.02. The molecule has 1 heterocycles. The largest absolute Gasteiger partial charge is 0.382 e. The first-order chi connectivity index (χ1) is 7.74. The smallest absolute Gasteiger partial charge is 0.271 e. The summed E-state index contributed by atoms with van der Waals surface area (Å²) in [6.07, 6.45) is 0.778. The van der Waals surface area contributed by atoms with Crippen LogP contribution >= 0.6 is 11.6 Å². The van der Waals surface area contributed by atoms with Gasteiger partial charge in [-0.25, -0.2) is 0 Å². The fraction of sp³-hybridized carbons (Fsp3) is 0.500. The van der Waals surface area contributed by atoms with Gasteiger partial charge in [-0.15, -0.1) is 10.2 Å². The highest BCUT2D eigenvalue weighted by atomic mass is 35.5. The van der Waals surface area contributed by atoms with Gasteiger partial charge >= 0.3 is 0 Å². The Kier molecular flexibility index (Phi) is 5.74.